The zero-order valence-electron chi connectivity index (χ0n) is 9.82. The fraction of sp³-hybridized carbons (Fsp3) is 0.818. The average Bonchev–Trinajstić information content (AvgIpc) is 2.27. The van der Waals surface area contributed by atoms with Crippen LogP contribution in [-0.2, 0) is 9.59 Å². The summed E-state index contributed by atoms with van der Waals surface area (Å²) in [6.07, 6.45) is 0. The van der Waals surface area contributed by atoms with Crippen LogP contribution < -0.4 is 0 Å². The summed E-state index contributed by atoms with van der Waals surface area (Å²) in [6, 6.07) is 0. The fourth-order valence-electron chi connectivity index (χ4n) is 1.67. The molecule has 86 valence electrons. The Morgan fingerprint density at radius 3 is 2.07 bits per heavy atom. The van der Waals surface area contributed by atoms with E-state index < -0.39 is 0 Å². The maximum Gasteiger partial charge on any atom is 0.290 e. The van der Waals surface area contributed by atoms with Gasteiger partial charge >= 0.3 is 0 Å². The van der Waals surface area contributed by atoms with E-state index in [0.717, 1.165) is 19.6 Å². The van der Waals surface area contributed by atoms with Crippen molar-refractivity contribution in [2.45, 2.75) is 20.8 Å². The molecule has 1 fully saturated rings. The minimum atomic E-state index is -0.305. The number of hydrogen-bond donors (Lipinski definition) is 0. The second kappa shape index (κ2) is 5.26. The van der Waals surface area contributed by atoms with E-state index in [1.165, 1.54) is 0 Å². The van der Waals surface area contributed by atoms with Crippen LogP contribution in [0.15, 0.2) is 0 Å². The Kier molecular flexibility index (Phi) is 4.27. The van der Waals surface area contributed by atoms with Crippen molar-refractivity contribution in [1.82, 2.24) is 9.80 Å². The third-order valence-electron chi connectivity index (χ3n) is 2.84. The van der Waals surface area contributed by atoms with E-state index in [4.69, 9.17) is 0 Å². The van der Waals surface area contributed by atoms with Gasteiger partial charge in [-0.15, -0.1) is 0 Å². The second-order valence-corrected chi connectivity index (χ2v) is 4.25. The van der Waals surface area contributed by atoms with E-state index in [9.17, 15) is 9.59 Å². The van der Waals surface area contributed by atoms with Crippen molar-refractivity contribution in [3.8, 4) is 0 Å². The lowest BCUT2D eigenvalue weighted by molar-refractivity contribution is -0.147. The Hall–Kier alpha value is -0.900. The van der Waals surface area contributed by atoms with Gasteiger partial charge in [-0.1, -0.05) is 20.8 Å². The number of Topliss-reactive ketones (excluding diaryl/α,β-unsaturated/α-hetero) is 1. The number of likely N-dealkylation sites (N-methyl/N-ethyl adjacent to an activating group) is 1. The van der Waals surface area contributed by atoms with Gasteiger partial charge in [-0.25, -0.2) is 0 Å². The molecule has 0 atom stereocenters. The topological polar surface area (TPSA) is 40.6 Å². The summed E-state index contributed by atoms with van der Waals surface area (Å²) in [5.41, 5.74) is 0. The normalized spacial score (nSPS) is 18.3. The molecule has 0 spiro atoms. The molecule has 1 rings (SSSR count). The number of piperazine rings is 1. The van der Waals surface area contributed by atoms with Crippen LogP contribution in [0.4, 0.5) is 0 Å². The highest BCUT2D eigenvalue weighted by Gasteiger charge is 2.26. The van der Waals surface area contributed by atoms with Gasteiger partial charge in [0, 0.05) is 32.1 Å². The van der Waals surface area contributed by atoms with E-state index >= 15 is 0 Å². The van der Waals surface area contributed by atoms with Gasteiger partial charge in [0.15, 0.2) is 0 Å². The number of carbonyl (C=O) groups is 2. The number of amides is 1. The Labute approximate surface area is 91.2 Å². The number of rotatable bonds is 3. The quantitative estimate of drug-likeness (QED) is 0.635. The lowest BCUT2D eigenvalue weighted by Gasteiger charge is -2.33. The molecule has 0 saturated carbocycles. The van der Waals surface area contributed by atoms with Crippen molar-refractivity contribution in [2.24, 2.45) is 5.92 Å². The first-order chi connectivity index (χ1) is 7.06. The molecule has 0 N–H and O–H groups in total. The van der Waals surface area contributed by atoms with Crippen LogP contribution in [0.1, 0.15) is 20.8 Å². The fourth-order valence-corrected chi connectivity index (χ4v) is 1.67. The molecule has 1 amide bonds. The number of nitrogens with zero attached hydrogens (tertiary/aromatic N) is 2. The monoisotopic (exact) mass is 212 g/mol. The number of carbonyl (C=O) groups excluding carboxylic acids is 2. The van der Waals surface area contributed by atoms with Crippen molar-refractivity contribution < 1.29 is 9.59 Å². The van der Waals surface area contributed by atoms with Crippen molar-refractivity contribution in [1.29, 1.82) is 0 Å². The summed E-state index contributed by atoms with van der Waals surface area (Å²) < 4.78 is 0. The molecule has 0 unspecified atom stereocenters. The van der Waals surface area contributed by atoms with Crippen LogP contribution in [0, 0.1) is 5.92 Å². The highest BCUT2D eigenvalue weighted by molar-refractivity contribution is 6.36. The predicted molar refractivity (Wildman–Crippen MR) is 58.5 cm³/mol. The Bertz CT molecular complexity index is 243. The standard InChI is InChI=1S/C11H20N2O2/c1-4-12-5-7-13(8-6-12)11(15)10(14)9(2)3/h9H,4-8H2,1-3H3. The smallest absolute Gasteiger partial charge is 0.290 e. The lowest BCUT2D eigenvalue weighted by atomic mass is 10.1. The Morgan fingerprint density at radius 2 is 1.67 bits per heavy atom. The number of ketones is 1. The Balaban J connectivity index is 2.46. The maximum absolute atomic E-state index is 11.7. The van der Waals surface area contributed by atoms with Crippen LogP contribution >= 0.6 is 0 Å². The first kappa shape index (κ1) is 12.2. The summed E-state index contributed by atoms with van der Waals surface area (Å²) in [7, 11) is 0. The van der Waals surface area contributed by atoms with E-state index in [1.807, 2.05) is 0 Å². The number of hydrogen-bond acceptors (Lipinski definition) is 3. The van der Waals surface area contributed by atoms with Gasteiger partial charge in [0.25, 0.3) is 5.91 Å². The van der Waals surface area contributed by atoms with Crippen molar-refractivity contribution in [2.75, 3.05) is 32.7 Å². The minimum Gasteiger partial charge on any atom is -0.334 e. The zero-order chi connectivity index (χ0) is 11.4. The third kappa shape index (κ3) is 3.02. The minimum absolute atomic E-state index is 0.193. The molecule has 4 heteroatoms. The second-order valence-electron chi connectivity index (χ2n) is 4.25. The highest BCUT2D eigenvalue weighted by Crippen LogP contribution is 2.05. The molecule has 1 heterocycles. The summed E-state index contributed by atoms with van der Waals surface area (Å²) in [6.45, 7) is 9.79. The zero-order valence-corrected chi connectivity index (χ0v) is 9.82. The van der Waals surface area contributed by atoms with E-state index in [0.29, 0.717) is 13.1 Å². The molecule has 1 aliphatic heterocycles. The van der Waals surface area contributed by atoms with Crippen LogP contribution in [0.5, 0.6) is 0 Å². The van der Waals surface area contributed by atoms with Crippen LogP contribution in [-0.4, -0.2) is 54.2 Å². The molecule has 0 aromatic rings. The van der Waals surface area contributed by atoms with Crippen molar-refractivity contribution >= 4 is 11.7 Å². The molecule has 0 bridgehead atoms. The first-order valence-electron chi connectivity index (χ1n) is 5.61. The molecule has 1 aliphatic rings. The van der Waals surface area contributed by atoms with Gasteiger partial charge in [0.1, 0.15) is 0 Å². The van der Waals surface area contributed by atoms with Crippen molar-refractivity contribution in [3.63, 3.8) is 0 Å². The van der Waals surface area contributed by atoms with Crippen LogP contribution in [0.3, 0.4) is 0 Å². The third-order valence-corrected chi connectivity index (χ3v) is 2.84. The summed E-state index contributed by atoms with van der Waals surface area (Å²) >= 11 is 0. The molecule has 0 aliphatic carbocycles. The summed E-state index contributed by atoms with van der Waals surface area (Å²) in [5, 5.41) is 0. The van der Waals surface area contributed by atoms with Gasteiger partial charge in [-0.05, 0) is 6.54 Å². The first-order valence-corrected chi connectivity index (χ1v) is 5.61. The van der Waals surface area contributed by atoms with Crippen LogP contribution in [0.25, 0.3) is 0 Å². The highest BCUT2D eigenvalue weighted by atomic mass is 16.2. The SMILES string of the molecule is CCN1CCN(C(=O)C(=O)C(C)C)CC1. The molecule has 0 aromatic carbocycles. The van der Waals surface area contributed by atoms with E-state index in [-0.39, 0.29) is 17.6 Å². The molecule has 1 saturated heterocycles. The summed E-state index contributed by atoms with van der Waals surface area (Å²) in [4.78, 5) is 27.1. The average molecular weight is 212 g/mol. The van der Waals surface area contributed by atoms with Gasteiger partial charge < -0.3 is 9.80 Å². The predicted octanol–water partition coefficient (Wildman–Crippen LogP) is 0.376. The molecule has 15 heavy (non-hydrogen) atoms. The molecular weight excluding hydrogens is 192 g/mol. The van der Waals surface area contributed by atoms with Crippen molar-refractivity contribution in [3.05, 3.63) is 0 Å². The Morgan fingerprint density at radius 1 is 1.13 bits per heavy atom. The van der Waals surface area contributed by atoms with Gasteiger partial charge in [-0.3, -0.25) is 9.59 Å². The maximum atomic E-state index is 11.7. The molecule has 4 nitrogen and oxygen atoms in total. The molecular formula is C11H20N2O2. The van der Waals surface area contributed by atoms with Gasteiger partial charge in [0.05, 0.1) is 0 Å². The van der Waals surface area contributed by atoms with E-state index in [1.54, 1.807) is 18.7 Å². The van der Waals surface area contributed by atoms with Crippen LogP contribution in [0.2, 0.25) is 0 Å². The molecule has 0 aromatic heterocycles. The van der Waals surface area contributed by atoms with Gasteiger partial charge in [0.2, 0.25) is 5.78 Å². The lowest BCUT2D eigenvalue weighted by Crippen LogP contribution is -2.50. The molecule has 0 radical (unpaired) electrons. The van der Waals surface area contributed by atoms with E-state index in [2.05, 4.69) is 11.8 Å². The largest absolute Gasteiger partial charge is 0.334 e. The van der Waals surface area contributed by atoms with Gasteiger partial charge in [-0.2, -0.15) is 0 Å². The summed E-state index contributed by atoms with van der Waals surface area (Å²) in [5.74, 6) is -0.762.